The molecule has 1 heterocycles. The Bertz CT molecular complexity index is 830. The molecule has 0 radical (unpaired) electrons. The second-order valence-electron chi connectivity index (χ2n) is 7.12. The molecule has 30 heavy (non-hydrogen) atoms. The van der Waals surface area contributed by atoms with Crippen LogP contribution in [0.5, 0.6) is 11.5 Å². The minimum absolute atomic E-state index is 0.269. The van der Waals surface area contributed by atoms with E-state index in [1.807, 2.05) is 18.2 Å². The van der Waals surface area contributed by atoms with E-state index in [1.165, 1.54) is 0 Å². The van der Waals surface area contributed by atoms with Gasteiger partial charge in [-0.1, -0.05) is 40.9 Å². The Morgan fingerprint density at radius 1 is 1.07 bits per heavy atom. The predicted molar refractivity (Wildman–Crippen MR) is 122 cm³/mol. The first-order valence-corrected chi connectivity index (χ1v) is 11.1. The molecule has 0 aliphatic carbocycles. The van der Waals surface area contributed by atoms with Crippen LogP contribution < -0.4 is 14.8 Å². The summed E-state index contributed by atoms with van der Waals surface area (Å²) in [4.78, 5) is 2.43. The Hall–Kier alpha value is -1.21. The summed E-state index contributed by atoms with van der Waals surface area (Å²) in [5.41, 5.74) is 1.87. The lowest BCUT2D eigenvalue weighted by molar-refractivity contribution is 0.0374. The molecule has 1 aliphatic rings. The number of rotatable bonds is 10. The van der Waals surface area contributed by atoms with Crippen LogP contribution in [0.15, 0.2) is 30.3 Å². The van der Waals surface area contributed by atoms with Crippen LogP contribution in [0.2, 0.25) is 15.1 Å². The lowest BCUT2D eigenvalue weighted by atomic mass is 10.2. The molecule has 0 spiro atoms. The number of benzene rings is 2. The van der Waals surface area contributed by atoms with E-state index < -0.39 is 0 Å². The van der Waals surface area contributed by atoms with E-state index in [1.54, 1.807) is 19.2 Å². The summed E-state index contributed by atoms with van der Waals surface area (Å²) in [6.07, 6.45) is 1.09. The minimum Gasteiger partial charge on any atom is -0.493 e. The number of hydrogen-bond acceptors (Lipinski definition) is 5. The molecule has 8 heteroatoms. The molecule has 1 fully saturated rings. The van der Waals surface area contributed by atoms with Crippen molar-refractivity contribution in [3.05, 3.63) is 56.5 Å². The molecule has 164 valence electrons. The molecule has 0 unspecified atom stereocenters. The molecule has 1 aliphatic heterocycles. The zero-order chi connectivity index (χ0) is 21.3. The summed E-state index contributed by atoms with van der Waals surface area (Å²) < 4.78 is 16.8. The van der Waals surface area contributed by atoms with Crippen LogP contribution in [0.3, 0.4) is 0 Å². The SMILES string of the molecule is COc1cc(CNCCCN2CCOCC2)cc(Cl)c1OCc1ccc(Cl)cc1Cl. The second kappa shape index (κ2) is 12.0. The van der Waals surface area contributed by atoms with E-state index in [2.05, 4.69) is 10.2 Å². The van der Waals surface area contributed by atoms with Crippen LogP contribution in [0.1, 0.15) is 17.5 Å². The van der Waals surface area contributed by atoms with Gasteiger partial charge in [-0.05, 0) is 49.3 Å². The third-order valence-corrected chi connectivity index (χ3v) is 5.80. The summed E-state index contributed by atoms with van der Waals surface area (Å²) in [6.45, 7) is 6.72. The van der Waals surface area contributed by atoms with E-state index in [-0.39, 0.29) is 6.61 Å². The summed E-state index contributed by atoms with van der Waals surface area (Å²) in [5.74, 6) is 1.10. The van der Waals surface area contributed by atoms with E-state index in [0.29, 0.717) is 33.1 Å². The Morgan fingerprint density at radius 3 is 2.60 bits per heavy atom. The van der Waals surface area contributed by atoms with Gasteiger partial charge < -0.3 is 19.5 Å². The summed E-state index contributed by atoms with van der Waals surface area (Å²) in [5, 5.41) is 5.11. The standard InChI is InChI=1S/C22H27Cl3N2O3/c1-28-21-12-16(14-26-5-2-6-27-7-9-29-10-8-27)11-20(25)22(21)30-15-17-3-4-18(23)13-19(17)24/h3-4,11-13,26H,2,5-10,14-15H2,1H3. The van der Waals surface area contributed by atoms with Gasteiger partial charge in [0.15, 0.2) is 11.5 Å². The third-order valence-electron chi connectivity index (χ3n) is 4.94. The van der Waals surface area contributed by atoms with Crippen molar-refractivity contribution in [2.24, 2.45) is 0 Å². The molecule has 2 aromatic carbocycles. The Kier molecular flexibility index (Phi) is 9.37. The van der Waals surface area contributed by atoms with Gasteiger partial charge in [0, 0.05) is 35.2 Å². The van der Waals surface area contributed by atoms with Crippen molar-refractivity contribution < 1.29 is 14.2 Å². The maximum atomic E-state index is 6.48. The normalized spacial score (nSPS) is 14.7. The first-order valence-electron chi connectivity index (χ1n) is 10.0. The summed E-state index contributed by atoms with van der Waals surface area (Å²) >= 11 is 18.6. The second-order valence-corrected chi connectivity index (χ2v) is 8.37. The number of nitrogens with one attached hydrogen (secondary N) is 1. The number of hydrogen-bond donors (Lipinski definition) is 1. The highest BCUT2D eigenvalue weighted by Gasteiger charge is 2.14. The van der Waals surface area contributed by atoms with E-state index in [4.69, 9.17) is 49.0 Å². The van der Waals surface area contributed by atoms with Crippen LogP contribution in [0, 0.1) is 0 Å². The van der Waals surface area contributed by atoms with Crippen LogP contribution in [0.4, 0.5) is 0 Å². The molecular formula is C22H27Cl3N2O3. The molecule has 0 aromatic heterocycles. The Balaban J connectivity index is 1.51. The number of morpholine rings is 1. The van der Waals surface area contributed by atoms with Crippen molar-refractivity contribution in [3.8, 4) is 11.5 Å². The molecular weight excluding hydrogens is 447 g/mol. The molecule has 5 nitrogen and oxygen atoms in total. The van der Waals surface area contributed by atoms with E-state index in [9.17, 15) is 0 Å². The third kappa shape index (κ3) is 6.91. The maximum absolute atomic E-state index is 6.48. The van der Waals surface area contributed by atoms with Crippen molar-refractivity contribution >= 4 is 34.8 Å². The van der Waals surface area contributed by atoms with Crippen molar-refractivity contribution in [1.29, 1.82) is 0 Å². The molecule has 0 amide bonds. The number of nitrogens with zero attached hydrogens (tertiary/aromatic N) is 1. The van der Waals surface area contributed by atoms with Crippen LogP contribution >= 0.6 is 34.8 Å². The Labute approximate surface area is 193 Å². The molecule has 2 aromatic rings. The van der Waals surface area contributed by atoms with Gasteiger partial charge in [0.2, 0.25) is 0 Å². The lowest BCUT2D eigenvalue weighted by Crippen LogP contribution is -2.37. The van der Waals surface area contributed by atoms with E-state index >= 15 is 0 Å². The van der Waals surface area contributed by atoms with Crippen molar-refractivity contribution in [1.82, 2.24) is 10.2 Å². The monoisotopic (exact) mass is 472 g/mol. The number of ether oxygens (including phenoxy) is 3. The van der Waals surface area contributed by atoms with Crippen LogP contribution in [0.25, 0.3) is 0 Å². The topological polar surface area (TPSA) is 43.0 Å². The summed E-state index contributed by atoms with van der Waals surface area (Å²) in [7, 11) is 1.60. The van der Waals surface area contributed by atoms with Gasteiger partial charge in [0.05, 0.1) is 25.3 Å². The smallest absolute Gasteiger partial charge is 0.180 e. The average Bonchev–Trinajstić information content (AvgIpc) is 2.74. The molecule has 3 rings (SSSR count). The highest BCUT2D eigenvalue weighted by molar-refractivity contribution is 6.35. The average molecular weight is 474 g/mol. The Morgan fingerprint density at radius 2 is 1.87 bits per heavy atom. The van der Waals surface area contributed by atoms with E-state index in [0.717, 1.165) is 56.9 Å². The van der Waals surface area contributed by atoms with Crippen LogP contribution in [-0.2, 0) is 17.9 Å². The fourth-order valence-electron chi connectivity index (χ4n) is 3.29. The van der Waals surface area contributed by atoms with Gasteiger partial charge in [-0.15, -0.1) is 0 Å². The van der Waals surface area contributed by atoms with Crippen molar-refractivity contribution in [2.45, 2.75) is 19.6 Å². The predicted octanol–water partition coefficient (Wildman–Crippen LogP) is 5.05. The zero-order valence-corrected chi connectivity index (χ0v) is 19.3. The van der Waals surface area contributed by atoms with Gasteiger partial charge in [-0.25, -0.2) is 0 Å². The number of methoxy groups -OCH3 is 1. The van der Waals surface area contributed by atoms with Gasteiger partial charge in [-0.2, -0.15) is 0 Å². The van der Waals surface area contributed by atoms with Gasteiger partial charge in [0.1, 0.15) is 6.61 Å². The quantitative estimate of drug-likeness (QED) is 0.489. The minimum atomic E-state index is 0.269. The fraction of sp³-hybridized carbons (Fsp3) is 0.455. The summed E-state index contributed by atoms with van der Waals surface area (Å²) in [6, 6.07) is 9.14. The molecule has 1 saturated heterocycles. The molecule has 1 N–H and O–H groups in total. The van der Waals surface area contributed by atoms with Gasteiger partial charge in [0.25, 0.3) is 0 Å². The van der Waals surface area contributed by atoms with Crippen LogP contribution in [-0.4, -0.2) is 51.4 Å². The van der Waals surface area contributed by atoms with Crippen molar-refractivity contribution in [2.75, 3.05) is 46.5 Å². The molecule has 0 bridgehead atoms. The zero-order valence-electron chi connectivity index (χ0n) is 17.1. The highest BCUT2D eigenvalue weighted by Crippen LogP contribution is 2.37. The number of halogens is 3. The lowest BCUT2D eigenvalue weighted by Gasteiger charge is -2.26. The highest BCUT2D eigenvalue weighted by atomic mass is 35.5. The van der Waals surface area contributed by atoms with Gasteiger partial charge >= 0.3 is 0 Å². The maximum Gasteiger partial charge on any atom is 0.180 e. The largest absolute Gasteiger partial charge is 0.493 e. The first kappa shape index (κ1) is 23.5. The first-order chi connectivity index (χ1) is 14.6. The van der Waals surface area contributed by atoms with Crippen molar-refractivity contribution in [3.63, 3.8) is 0 Å². The molecule has 0 saturated carbocycles. The fourth-order valence-corrected chi connectivity index (χ4v) is 4.04. The molecule has 0 atom stereocenters. The van der Waals surface area contributed by atoms with Gasteiger partial charge in [-0.3, -0.25) is 4.90 Å².